The number of hydrogen-bond acceptors (Lipinski definition) is 3. The van der Waals surface area contributed by atoms with Crippen LogP contribution < -0.4 is 0 Å². The largest absolute Gasteiger partial charge is 0.481 e. The maximum atomic E-state index is 12.3. The number of carboxylic acid groups (broad SMARTS) is 1. The molecular formula is C14H23NO4. The van der Waals surface area contributed by atoms with Crippen molar-refractivity contribution in [2.75, 3.05) is 20.2 Å². The molecule has 5 heteroatoms. The van der Waals surface area contributed by atoms with Gasteiger partial charge in [0, 0.05) is 20.2 Å². The SMILES string of the molecule is COC1(CC(=O)N2C[C@@H](C)[C@](C)(C(=O)O)C2)CCC1. The zero-order chi connectivity index (χ0) is 14.3. The molecule has 2 fully saturated rings. The van der Waals surface area contributed by atoms with Crippen LogP contribution in [-0.4, -0.2) is 47.7 Å². The minimum atomic E-state index is -0.824. The van der Waals surface area contributed by atoms with Crippen molar-refractivity contribution in [3.63, 3.8) is 0 Å². The Morgan fingerprint density at radius 2 is 2.05 bits per heavy atom. The van der Waals surface area contributed by atoms with E-state index in [1.807, 2.05) is 6.92 Å². The number of likely N-dealkylation sites (tertiary alicyclic amines) is 1. The van der Waals surface area contributed by atoms with Gasteiger partial charge in [0.05, 0.1) is 17.4 Å². The van der Waals surface area contributed by atoms with Gasteiger partial charge in [-0.1, -0.05) is 6.92 Å². The van der Waals surface area contributed by atoms with Crippen molar-refractivity contribution in [1.29, 1.82) is 0 Å². The first-order valence-electron chi connectivity index (χ1n) is 6.89. The van der Waals surface area contributed by atoms with Crippen molar-refractivity contribution in [2.24, 2.45) is 11.3 Å². The lowest BCUT2D eigenvalue weighted by Crippen LogP contribution is -2.45. The molecular weight excluding hydrogens is 246 g/mol. The molecule has 1 aliphatic carbocycles. The van der Waals surface area contributed by atoms with Crippen LogP contribution in [0.5, 0.6) is 0 Å². The molecule has 1 N–H and O–H groups in total. The summed E-state index contributed by atoms with van der Waals surface area (Å²) >= 11 is 0. The quantitative estimate of drug-likeness (QED) is 0.840. The highest BCUT2D eigenvalue weighted by molar-refractivity contribution is 5.81. The number of amides is 1. The van der Waals surface area contributed by atoms with E-state index in [1.54, 1.807) is 18.9 Å². The van der Waals surface area contributed by atoms with Crippen molar-refractivity contribution in [1.82, 2.24) is 4.90 Å². The van der Waals surface area contributed by atoms with E-state index in [-0.39, 0.29) is 17.4 Å². The smallest absolute Gasteiger partial charge is 0.311 e. The lowest BCUT2D eigenvalue weighted by Gasteiger charge is -2.40. The van der Waals surface area contributed by atoms with Crippen molar-refractivity contribution in [2.45, 2.75) is 45.1 Å². The molecule has 0 spiro atoms. The number of aliphatic carboxylic acids is 1. The Hall–Kier alpha value is -1.10. The normalized spacial score (nSPS) is 33.0. The predicted molar refractivity (Wildman–Crippen MR) is 69.7 cm³/mol. The Morgan fingerprint density at radius 3 is 2.42 bits per heavy atom. The van der Waals surface area contributed by atoms with E-state index < -0.39 is 11.4 Å². The maximum absolute atomic E-state index is 12.3. The summed E-state index contributed by atoms with van der Waals surface area (Å²) in [6.07, 6.45) is 3.33. The van der Waals surface area contributed by atoms with Gasteiger partial charge in [-0.15, -0.1) is 0 Å². The average molecular weight is 269 g/mol. The van der Waals surface area contributed by atoms with E-state index in [0.717, 1.165) is 19.3 Å². The standard InChI is InChI=1S/C14H23NO4/c1-10-8-15(9-13(10,2)12(17)18)11(16)7-14(19-3)5-4-6-14/h10H,4-9H2,1-3H3,(H,17,18)/t10-,13-/m1/s1. The van der Waals surface area contributed by atoms with Crippen molar-refractivity contribution in [3.8, 4) is 0 Å². The van der Waals surface area contributed by atoms with Crippen LogP contribution in [-0.2, 0) is 14.3 Å². The Bertz CT molecular complexity index is 385. The summed E-state index contributed by atoms with van der Waals surface area (Å²) in [6, 6.07) is 0. The number of rotatable bonds is 4. The Labute approximate surface area is 113 Å². The van der Waals surface area contributed by atoms with Gasteiger partial charge in [-0.05, 0) is 32.1 Å². The first-order chi connectivity index (χ1) is 8.83. The zero-order valence-corrected chi connectivity index (χ0v) is 11.9. The molecule has 1 amide bonds. The van der Waals surface area contributed by atoms with Crippen molar-refractivity contribution in [3.05, 3.63) is 0 Å². The summed E-state index contributed by atoms with van der Waals surface area (Å²) in [5.41, 5.74) is -1.11. The van der Waals surface area contributed by atoms with Gasteiger partial charge in [0.15, 0.2) is 0 Å². The van der Waals surface area contributed by atoms with Crippen LogP contribution in [0.25, 0.3) is 0 Å². The summed E-state index contributed by atoms with van der Waals surface area (Å²) in [6.45, 7) is 4.46. The number of carboxylic acids is 1. The van der Waals surface area contributed by atoms with Crippen LogP contribution >= 0.6 is 0 Å². The molecule has 2 atom stereocenters. The Balaban J connectivity index is 2.00. The molecule has 0 unspecified atom stereocenters. The van der Waals surface area contributed by atoms with Crippen LogP contribution in [0.1, 0.15) is 39.5 Å². The number of hydrogen-bond donors (Lipinski definition) is 1. The average Bonchev–Trinajstić information content (AvgIpc) is 2.62. The van der Waals surface area contributed by atoms with Gasteiger partial charge >= 0.3 is 5.97 Å². The summed E-state index contributed by atoms with van der Waals surface area (Å²) in [5.74, 6) is -0.812. The second-order valence-electron chi connectivity index (χ2n) is 6.32. The number of carbonyl (C=O) groups is 2. The van der Waals surface area contributed by atoms with E-state index in [4.69, 9.17) is 4.74 Å². The van der Waals surface area contributed by atoms with Gasteiger partial charge in [0.1, 0.15) is 0 Å². The zero-order valence-electron chi connectivity index (χ0n) is 11.9. The second-order valence-corrected chi connectivity index (χ2v) is 6.32. The van der Waals surface area contributed by atoms with E-state index in [9.17, 15) is 14.7 Å². The van der Waals surface area contributed by atoms with Gasteiger partial charge < -0.3 is 14.7 Å². The molecule has 1 aliphatic heterocycles. The van der Waals surface area contributed by atoms with Crippen molar-refractivity contribution < 1.29 is 19.4 Å². The fourth-order valence-corrected chi connectivity index (χ4v) is 3.03. The lowest BCUT2D eigenvalue weighted by atomic mass is 9.77. The second kappa shape index (κ2) is 4.78. The topological polar surface area (TPSA) is 66.8 Å². The van der Waals surface area contributed by atoms with Gasteiger partial charge in [-0.3, -0.25) is 9.59 Å². The number of nitrogens with zero attached hydrogens (tertiary/aromatic N) is 1. The van der Waals surface area contributed by atoms with Gasteiger partial charge in [-0.2, -0.15) is 0 Å². The third-order valence-corrected chi connectivity index (χ3v) is 5.11. The number of carbonyl (C=O) groups excluding carboxylic acids is 1. The molecule has 2 aliphatic rings. The molecule has 1 heterocycles. The van der Waals surface area contributed by atoms with Crippen LogP contribution in [0, 0.1) is 11.3 Å². The molecule has 0 aromatic carbocycles. The summed E-state index contributed by atoms with van der Waals surface area (Å²) in [4.78, 5) is 25.4. The summed E-state index contributed by atoms with van der Waals surface area (Å²) in [7, 11) is 1.65. The number of methoxy groups -OCH3 is 1. The fraction of sp³-hybridized carbons (Fsp3) is 0.857. The third kappa shape index (κ3) is 2.36. The van der Waals surface area contributed by atoms with Gasteiger partial charge in [0.25, 0.3) is 0 Å². The highest BCUT2D eigenvalue weighted by Gasteiger charge is 2.49. The van der Waals surface area contributed by atoms with E-state index in [2.05, 4.69) is 0 Å². The van der Waals surface area contributed by atoms with Gasteiger partial charge in [0.2, 0.25) is 5.91 Å². The fourth-order valence-electron chi connectivity index (χ4n) is 3.03. The first-order valence-corrected chi connectivity index (χ1v) is 6.89. The Kier molecular flexibility index (Phi) is 3.60. The molecule has 1 saturated heterocycles. The molecule has 1 saturated carbocycles. The molecule has 19 heavy (non-hydrogen) atoms. The molecule has 0 aromatic heterocycles. The summed E-state index contributed by atoms with van der Waals surface area (Å²) in [5, 5.41) is 9.32. The predicted octanol–water partition coefficient (Wildman–Crippen LogP) is 1.51. The molecule has 0 aromatic rings. The third-order valence-electron chi connectivity index (χ3n) is 5.11. The molecule has 0 radical (unpaired) electrons. The highest BCUT2D eigenvalue weighted by atomic mass is 16.5. The Morgan fingerprint density at radius 1 is 1.42 bits per heavy atom. The summed E-state index contributed by atoms with van der Waals surface area (Å²) < 4.78 is 5.47. The van der Waals surface area contributed by atoms with E-state index >= 15 is 0 Å². The first kappa shape index (κ1) is 14.3. The molecule has 108 valence electrons. The van der Waals surface area contributed by atoms with Crippen LogP contribution in [0.4, 0.5) is 0 Å². The van der Waals surface area contributed by atoms with Crippen LogP contribution in [0.15, 0.2) is 0 Å². The van der Waals surface area contributed by atoms with E-state index in [1.165, 1.54) is 0 Å². The molecule has 5 nitrogen and oxygen atoms in total. The minimum Gasteiger partial charge on any atom is -0.481 e. The van der Waals surface area contributed by atoms with Crippen LogP contribution in [0.3, 0.4) is 0 Å². The highest BCUT2D eigenvalue weighted by Crippen LogP contribution is 2.40. The van der Waals surface area contributed by atoms with Gasteiger partial charge in [-0.25, -0.2) is 0 Å². The lowest BCUT2D eigenvalue weighted by molar-refractivity contribution is -0.149. The monoisotopic (exact) mass is 269 g/mol. The number of ether oxygens (including phenoxy) is 1. The molecule has 2 rings (SSSR count). The molecule has 0 bridgehead atoms. The van der Waals surface area contributed by atoms with Crippen molar-refractivity contribution >= 4 is 11.9 Å². The van der Waals surface area contributed by atoms with Crippen LogP contribution in [0.2, 0.25) is 0 Å². The van der Waals surface area contributed by atoms with E-state index in [0.29, 0.717) is 19.5 Å². The minimum absolute atomic E-state index is 0.0196. The maximum Gasteiger partial charge on any atom is 0.311 e.